The van der Waals surface area contributed by atoms with Crippen molar-refractivity contribution in [1.29, 1.82) is 0 Å². The highest BCUT2D eigenvalue weighted by atomic mass is 79.9. The zero-order chi connectivity index (χ0) is 11.5. The summed E-state index contributed by atoms with van der Waals surface area (Å²) in [5.41, 5.74) is 1.48. The highest BCUT2D eigenvalue weighted by Gasteiger charge is 2.10. The molecule has 0 fully saturated rings. The number of rotatable bonds is 2. The van der Waals surface area contributed by atoms with Crippen LogP contribution in [0.5, 0.6) is 5.75 Å². The predicted molar refractivity (Wildman–Crippen MR) is 66.3 cm³/mol. The van der Waals surface area contributed by atoms with Crippen LogP contribution in [-0.2, 0) is 0 Å². The lowest BCUT2D eigenvalue weighted by molar-refractivity contribution is 0.220. The maximum atomic E-state index is 10.1. The SMILES string of the molecule is Oc1cccc(C(O)c2ccc(Br)cc2)c1. The van der Waals surface area contributed by atoms with Gasteiger partial charge in [0, 0.05) is 4.47 Å². The lowest BCUT2D eigenvalue weighted by atomic mass is 10.0. The molecule has 2 aromatic carbocycles. The van der Waals surface area contributed by atoms with E-state index >= 15 is 0 Å². The van der Waals surface area contributed by atoms with Gasteiger partial charge in [-0.3, -0.25) is 0 Å². The first kappa shape index (κ1) is 11.2. The lowest BCUT2D eigenvalue weighted by Gasteiger charge is -2.11. The molecule has 1 unspecified atom stereocenters. The second-order valence-corrected chi connectivity index (χ2v) is 4.46. The molecule has 1 atom stereocenters. The van der Waals surface area contributed by atoms with Crippen LogP contribution in [0.2, 0.25) is 0 Å². The Bertz CT molecular complexity index is 480. The summed E-state index contributed by atoms with van der Waals surface area (Å²) in [6.07, 6.45) is -0.708. The van der Waals surface area contributed by atoms with Crippen LogP contribution in [0, 0.1) is 0 Å². The van der Waals surface area contributed by atoms with Crippen molar-refractivity contribution in [2.75, 3.05) is 0 Å². The fourth-order valence-corrected chi connectivity index (χ4v) is 1.80. The normalized spacial score (nSPS) is 12.4. The minimum Gasteiger partial charge on any atom is -0.508 e. The van der Waals surface area contributed by atoms with Crippen molar-refractivity contribution in [2.45, 2.75) is 6.10 Å². The van der Waals surface area contributed by atoms with Crippen LogP contribution < -0.4 is 0 Å². The minimum absolute atomic E-state index is 0.161. The molecule has 0 aliphatic carbocycles. The molecule has 16 heavy (non-hydrogen) atoms. The zero-order valence-corrected chi connectivity index (χ0v) is 10.1. The monoisotopic (exact) mass is 278 g/mol. The molecular weight excluding hydrogens is 268 g/mol. The summed E-state index contributed by atoms with van der Waals surface area (Å²) in [6.45, 7) is 0. The van der Waals surface area contributed by atoms with E-state index in [0.717, 1.165) is 10.0 Å². The van der Waals surface area contributed by atoms with Crippen LogP contribution in [0.15, 0.2) is 53.0 Å². The maximum absolute atomic E-state index is 10.1. The molecule has 0 spiro atoms. The van der Waals surface area contributed by atoms with Gasteiger partial charge in [-0.25, -0.2) is 0 Å². The van der Waals surface area contributed by atoms with Gasteiger partial charge in [0.15, 0.2) is 0 Å². The summed E-state index contributed by atoms with van der Waals surface area (Å²) in [6, 6.07) is 14.1. The van der Waals surface area contributed by atoms with Gasteiger partial charge in [-0.05, 0) is 35.4 Å². The van der Waals surface area contributed by atoms with Crippen molar-refractivity contribution in [3.8, 4) is 5.75 Å². The molecule has 0 radical (unpaired) electrons. The van der Waals surface area contributed by atoms with E-state index in [1.807, 2.05) is 24.3 Å². The number of halogens is 1. The molecular formula is C13H11BrO2. The molecule has 0 saturated carbocycles. The number of aliphatic hydroxyl groups excluding tert-OH is 1. The number of aromatic hydroxyl groups is 1. The molecule has 0 bridgehead atoms. The van der Waals surface area contributed by atoms with Crippen molar-refractivity contribution in [1.82, 2.24) is 0 Å². The Morgan fingerprint density at radius 3 is 2.25 bits per heavy atom. The fourth-order valence-electron chi connectivity index (χ4n) is 1.53. The number of hydrogen-bond donors (Lipinski definition) is 2. The second kappa shape index (κ2) is 4.68. The van der Waals surface area contributed by atoms with Crippen LogP contribution in [0.25, 0.3) is 0 Å². The Hall–Kier alpha value is -1.32. The van der Waals surface area contributed by atoms with Crippen LogP contribution in [-0.4, -0.2) is 10.2 Å². The molecule has 0 saturated heterocycles. The molecule has 2 nitrogen and oxygen atoms in total. The largest absolute Gasteiger partial charge is 0.508 e. The standard InChI is InChI=1S/C13H11BrO2/c14-11-6-4-9(5-7-11)13(16)10-2-1-3-12(15)8-10/h1-8,13,15-16H. The highest BCUT2D eigenvalue weighted by molar-refractivity contribution is 9.10. The van der Waals surface area contributed by atoms with Crippen molar-refractivity contribution < 1.29 is 10.2 Å². The quantitative estimate of drug-likeness (QED) is 0.886. The van der Waals surface area contributed by atoms with E-state index < -0.39 is 6.10 Å². The molecule has 0 aromatic heterocycles. The van der Waals surface area contributed by atoms with Crippen LogP contribution >= 0.6 is 15.9 Å². The molecule has 3 heteroatoms. The topological polar surface area (TPSA) is 40.5 Å². The Morgan fingerprint density at radius 1 is 0.938 bits per heavy atom. The van der Waals surface area contributed by atoms with E-state index in [4.69, 9.17) is 0 Å². The summed E-state index contributed by atoms with van der Waals surface area (Å²) >= 11 is 3.34. The van der Waals surface area contributed by atoms with Gasteiger partial charge >= 0.3 is 0 Å². The van der Waals surface area contributed by atoms with Crippen molar-refractivity contribution >= 4 is 15.9 Å². The summed E-state index contributed by atoms with van der Waals surface area (Å²) in [7, 11) is 0. The predicted octanol–water partition coefficient (Wildman–Crippen LogP) is 3.24. The summed E-state index contributed by atoms with van der Waals surface area (Å²) < 4.78 is 0.972. The summed E-state index contributed by atoms with van der Waals surface area (Å²) in [4.78, 5) is 0. The Morgan fingerprint density at radius 2 is 1.62 bits per heavy atom. The van der Waals surface area contributed by atoms with E-state index in [2.05, 4.69) is 15.9 Å². The Labute approximate surface area is 102 Å². The number of benzene rings is 2. The third-order valence-electron chi connectivity index (χ3n) is 2.37. The van der Waals surface area contributed by atoms with Gasteiger partial charge in [-0.1, -0.05) is 40.2 Å². The minimum atomic E-state index is -0.708. The number of phenolic OH excluding ortho intramolecular Hbond substituents is 1. The van der Waals surface area contributed by atoms with Gasteiger partial charge < -0.3 is 10.2 Å². The van der Waals surface area contributed by atoms with Gasteiger partial charge in [0.2, 0.25) is 0 Å². The molecule has 2 N–H and O–H groups in total. The van der Waals surface area contributed by atoms with E-state index in [-0.39, 0.29) is 5.75 Å². The van der Waals surface area contributed by atoms with Gasteiger partial charge in [0.1, 0.15) is 11.9 Å². The first-order valence-corrected chi connectivity index (χ1v) is 5.68. The zero-order valence-electron chi connectivity index (χ0n) is 8.47. The first-order valence-electron chi connectivity index (χ1n) is 4.89. The van der Waals surface area contributed by atoms with Crippen LogP contribution in [0.3, 0.4) is 0 Å². The van der Waals surface area contributed by atoms with Crippen LogP contribution in [0.4, 0.5) is 0 Å². The Kier molecular flexibility index (Phi) is 3.27. The van der Waals surface area contributed by atoms with Gasteiger partial charge in [-0.15, -0.1) is 0 Å². The summed E-state index contributed by atoms with van der Waals surface area (Å²) in [5.74, 6) is 0.161. The van der Waals surface area contributed by atoms with Crippen molar-refractivity contribution in [3.05, 3.63) is 64.1 Å². The third kappa shape index (κ3) is 2.43. The highest BCUT2D eigenvalue weighted by Crippen LogP contribution is 2.25. The van der Waals surface area contributed by atoms with E-state index in [1.54, 1.807) is 24.3 Å². The van der Waals surface area contributed by atoms with Gasteiger partial charge in [-0.2, -0.15) is 0 Å². The first-order chi connectivity index (χ1) is 7.66. The second-order valence-electron chi connectivity index (χ2n) is 3.55. The van der Waals surface area contributed by atoms with Crippen LogP contribution in [0.1, 0.15) is 17.2 Å². The van der Waals surface area contributed by atoms with E-state index in [0.29, 0.717) is 5.56 Å². The van der Waals surface area contributed by atoms with Gasteiger partial charge in [0.05, 0.1) is 0 Å². The lowest BCUT2D eigenvalue weighted by Crippen LogP contribution is -1.98. The number of aliphatic hydroxyl groups is 1. The van der Waals surface area contributed by atoms with E-state index in [9.17, 15) is 10.2 Å². The molecule has 0 aliphatic rings. The van der Waals surface area contributed by atoms with Crippen molar-refractivity contribution in [2.24, 2.45) is 0 Å². The number of phenols is 1. The average molecular weight is 279 g/mol. The average Bonchev–Trinajstić information content (AvgIpc) is 2.29. The Balaban J connectivity index is 2.31. The molecule has 0 heterocycles. The molecule has 2 aromatic rings. The fraction of sp³-hybridized carbons (Fsp3) is 0.0769. The van der Waals surface area contributed by atoms with Gasteiger partial charge in [0.25, 0.3) is 0 Å². The summed E-state index contributed by atoms with van der Waals surface area (Å²) in [5, 5.41) is 19.4. The molecule has 82 valence electrons. The molecule has 0 aliphatic heterocycles. The van der Waals surface area contributed by atoms with Crippen molar-refractivity contribution in [3.63, 3.8) is 0 Å². The molecule has 2 rings (SSSR count). The number of hydrogen-bond acceptors (Lipinski definition) is 2. The third-order valence-corrected chi connectivity index (χ3v) is 2.90. The molecule has 0 amide bonds. The maximum Gasteiger partial charge on any atom is 0.115 e. The van der Waals surface area contributed by atoms with E-state index in [1.165, 1.54) is 0 Å². The smallest absolute Gasteiger partial charge is 0.115 e.